The van der Waals surface area contributed by atoms with Crippen LogP contribution in [0.2, 0.25) is 0 Å². The van der Waals surface area contributed by atoms with Crippen molar-refractivity contribution in [2.24, 2.45) is 5.92 Å². The molecular formula is C31H33FN2. The van der Waals surface area contributed by atoms with Crippen LogP contribution in [0.15, 0.2) is 97.1 Å². The lowest BCUT2D eigenvalue weighted by molar-refractivity contribution is 0.142. The minimum atomic E-state index is -0.154. The number of nitrogens with one attached hydrogen (secondary N) is 1. The van der Waals surface area contributed by atoms with Crippen molar-refractivity contribution in [2.45, 2.75) is 31.8 Å². The molecule has 2 unspecified atom stereocenters. The first-order chi connectivity index (χ1) is 16.7. The molecule has 1 N–H and O–H groups in total. The first-order valence-electron chi connectivity index (χ1n) is 12.4. The Balaban J connectivity index is 1.32. The van der Waals surface area contributed by atoms with Crippen LogP contribution in [0.1, 0.15) is 42.0 Å². The van der Waals surface area contributed by atoms with Crippen LogP contribution in [0.3, 0.4) is 0 Å². The second-order valence-electron chi connectivity index (χ2n) is 9.63. The Bertz CT molecular complexity index is 1220. The van der Waals surface area contributed by atoms with E-state index in [2.05, 4.69) is 89.9 Å². The van der Waals surface area contributed by atoms with E-state index in [9.17, 15) is 4.39 Å². The SMILES string of the molecule is C[C@@H](NCC1CN(Cc2cccc(F)c2)CCC1c1ccccc1)c1cccc2ccccc12. The predicted octanol–water partition coefficient (Wildman–Crippen LogP) is 6.94. The Labute approximate surface area is 202 Å². The summed E-state index contributed by atoms with van der Waals surface area (Å²) in [6, 6.07) is 33.4. The fourth-order valence-corrected chi connectivity index (χ4v) is 5.56. The molecule has 1 saturated heterocycles. The number of nitrogens with zero attached hydrogens (tertiary/aromatic N) is 1. The van der Waals surface area contributed by atoms with Crippen LogP contribution in [0.4, 0.5) is 4.39 Å². The van der Waals surface area contributed by atoms with E-state index in [0.29, 0.717) is 11.8 Å². The summed E-state index contributed by atoms with van der Waals surface area (Å²) >= 11 is 0. The van der Waals surface area contributed by atoms with Gasteiger partial charge in [0.15, 0.2) is 0 Å². The van der Waals surface area contributed by atoms with Crippen molar-refractivity contribution in [1.29, 1.82) is 0 Å². The third-order valence-electron chi connectivity index (χ3n) is 7.32. The molecule has 0 aliphatic carbocycles. The highest BCUT2D eigenvalue weighted by atomic mass is 19.1. The van der Waals surface area contributed by atoms with E-state index in [-0.39, 0.29) is 11.9 Å². The van der Waals surface area contributed by atoms with Gasteiger partial charge in [0.25, 0.3) is 0 Å². The zero-order valence-corrected chi connectivity index (χ0v) is 19.8. The number of halogens is 1. The van der Waals surface area contributed by atoms with E-state index in [1.807, 2.05) is 12.1 Å². The molecule has 1 heterocycles. The normalized spacial score (nSPS) is 19.8. The van der Waals surface area contributed by atoms with E-state index < -0.39 is 0 Å². The molecule has 0 spiro atoms. The molecule has 34 heavy (non-hydrogen) atoms. The van der Waals surface area contributed by atoms with E-state index in [1.54, 1.807) is 6.07 Å². The zero-order chi connectivity index (χ0) is 23.3. The van der Waals surface area contributed by atoms with Crippen LogP contribution in [0, 0.1) is 11.7 Å². The summed E-state index contributed by atoms with van der Waals surface area (Å²) in [5.74, 6) is 0.859. The number of hydrogen-bond acceptors (Lipinski definition) is 2. The largest absolute Gasteiger partial charge is 0.310 e. The van der Waals surface area contributed by atoms with Gasteiger partial charge in [-0.05, 0) is 71.3 Å². The monoisotopic (exact) mass is 452 g/mol. The highest BCUT2D eigenvalue weighted by molar-refractivity contribution is 5.86. The van der Waals surface area contributed by atoms with Gasteiger partial charge in [-0.15, -0.1) is 0 Å². The standard InChI is InChI=1S/C31H33FN2/c1-23(29-16-8-13-26-12-5-6-15-31(26)29)33-20-27-22-34(21-24-9-7-14-28(32)19-24)18-17-30(27)25-10-3-2-4-11-25/h2-16,19,23,27,30,33H,17-18,20-22H2,1H3/t23-,27?,30?/m1/s1. The van der Waals surface area contributed by atoms with E-state index in [4.69, 9.17) is 0 Å². The average molecular weight is 453 g/mol. The molecule has 174 valence electrons. The van der Waals surface area contributed by atoms with Crippen LogP contribution in [-0.4, -0.2) is 24.5 Å². The van der Waals surface area contributed by atoms with Crippen LogP contribution >= 0.6 is 0 Å². The number of likely N-dealkylation sites (tertiary alicyclic amines) is 1. The summed E-state index contributed by atoms with van der Waals surface area (Å²) in [4.78, 5) is 2.49. The maximum Gasteiger partial charge on any atom is 0.123 e. The van der Waals surface area contributed by atoms with Gasteiger partial charge in [0, 0.05) is 25.7 Å². The van der Waals surface area contributed by atoms with Crippen molar-refractivity contribution in [3.8, 4) is 0 Å². The summed E-state index contributed by atoms with van der Waals surface area (Å²) in [6.07, 6.45) is 1.12. The number of benzene rings is 4. The topological polar surface area (TPSA) is 15.3 Å². The van der Waals surface area contributed by atoms with Crippen LogP contribution < -0.4 is 5.32 Å². The molecule has 0 radical (unpaired) electrons. The van der Waals surface area contributed by atoms with Crippen molar-refractivity contribution in [3.63, 3.8) is 0 Å². The maximum atomic E-state index is 13.7. The molecule has 1 aliphatic rings. The Morgan fingerprint density at radius 1 is 0.912 bits per heavy atom. The maximum absolute atomic E-state index is 13.7. The molecule has 0 amide bonds. The van der Waals surface area contributed by atoms with Crippen molar-refractivity contribution in [2.75, 3.05) is 19.6 Å². The first kappa shape index (κ1) is 22.8. The van der Waals surface area contributed by atoms with Crippen LogP contribution in [0.5, 0.6) is 0 Å². The van der Waals surface area contributed by atoms with Gasteiger partial charge < -0.3 is 5.32 Å². The van der Waals surface area contributed by atoms with Gasteiger partial charge in [-0.2, -0.15) is 0 Å². The van der Waals surface area contributed by atoms with Crippen molar-refractivity contribution in [3.05, 3.63) is 120 Å². The Kier molecular flexibility index (Phi) is 7.03. The number of rotatable bonds is 7. The lowest BCUT2D eigenvalue weighted by Gasteiger charge is -2.39. The van der Waals surface area contributed by atoms with E-state index in [1.165, 1.54) is 28.0 Å². The minimum absolute atomic E-state index is 0.154. The van der Waals surface area contributed by atoms with Crippen LogP contribution in [0.25, 0.3) is 10.8 Å². The smallest absolute Gasteiger partial charge is 0.123 e. The summed E-state index contributed by atoms with van der Waals surface area (Å²) < 4.78 is 13.7. The molecule has 1 fully saturated rings. The number of fused-ring (bicyclic) bond motifs is 1. The molecular weight excluding hydrogens is 419 g/mol. The van der Waals surface area contributed by atoms with Gasteiger partial charge in [-0.25, -0.2) is 4.39 Å². The Morgan fingerprint density at radius 3 is 2.53 bits per heavy atom. The summed E-state index contributed by atoms with van der Waals surface area (Å²) in [5.41, 5.74) is 3.83. The van der Waals surface area contributed by atoms with Gasteiger partial charge in [-0.3, -0.25) is 4.90 Å². The minimum Gasteiger partial charge on any atom is -0.310 e. The van der Waals surface area contributed by atoms with Gasteiger partial charge in [-0.1, -0.05) is 84.9 Å². The zero-order valence-electron chi connectivity index (χ0n) is 19.8. The molecule has 0 aromatic heterocycles. The lowest BCUT2D eigenvalue weighted by Crippen LogP contribution is -2.43. The van der Waals surface area contributed by atoms with Gasteiger partial charge in [0.2, 0.25) is 0 Å². The second-order valence-corrected chi connectivity index (χ2v) is 9.63. The molecule has 3 atom stereocenters. The molecule has 1 aliphatic heterocycles. The molecule has 0 bridgehead atoms. The quantitative estimate of drug-likeness (QED) is 0.327. The predicted molar refractivity (Wildman–Crippen MR) is 139 cm³/mol. The third-order valence-corrected chi connectivity index (χ3v) is 7.32. The third kappa shape index (κ3) is 5.22. The van der Waals surface area contributed by atoms with Crippen molar-refractivity contribution in [1.82, 2.24) is 10.2 Å². The summed E-state index contributed by atoms with van der Waals surface area (Å²) in [5, 5.41) is 6.47. The Morgan fingerprint density at radius 2 is 1.68 bits per heavy atom. The van der Waals surface area contributed by atoms with Crippen molar-refractivity contribution < 1.29 is 4.39 Å². The number of hydrogen-bond donors (Lipinski definition) is 1. The molecule has 5 rings (SSSR count). The first-order valence-corrected chi connectivity index (χ1v) is 12.4. The molecule has 2 nitrogen and oxygen atoms in total. The second kappa shape index (κ2) is 10.5. The highest BCUT2D eigenvalue weighted by Crippen LogP contribution is 2.34. The molecule has 4 aromatic rings. The van der Waals surface area contributed by atoms with Gasteiger partial charge >= 0.3 is 0 Å². The number of piperidine rings is 1. The lowest BCUT2D eigenvalue weighted by atomic mass is 9.80. The summed E-state index contributed by atoms with van der Waals surface area (Å²) in [7, 11) is 0. The Hall–Kier alpha value is -3.01. The van der Waals surface area contributed by atoms with E-state index in [0.717, 1.165) is 38.2 Å². The van der Waals surface area contributed by atoms with Gasteiger partial charge in [0.05, 0.1) is 0 Å². The fourth-order valence-electron chi connectivity index (χ4n) is 5.56. The van der Waals surface area contributed by atoms with E-state index >= 15 is 0 Å². The summed E-state index contributed by atoms with van der Waals surface area (Å²) in [6.45, 7) is 6.06. The molecule has 0 saturated carbocycles. The average Bonchev–Trinajstić information content (AvgIpc) is 2.87. The molecule has 3 heteroatoms. The highest BCUT2D eigenvalue weighted by Gasteiger charge is 2.30. The fraction of sp³-hybridized carbons (Fsp3) is 0.290. The molecule has 4 aromatic carbocycles. The van der Waals surface area contributed by atoms with Gasteiger partial charge in [0.1, 0.15) is 5.82 Å². The van der Waals surface area contributed by atoms with Crippen molar-refractivity contribution >= 4 is 10.8 Å². The van der Waals surface area contributed by atoms with Crippen LogP contribution in [-0.2, 0) is 6.54 Å².